The fourth-order valence-corrected chi connectivity index (χ4v) is 2.03. The summed E-state index contributed by atoms with van der Waals surface area (Å²) in [6, 6.07) is 1.77. The van der Waals surface area contributed by atoms with Crippen molar-refractivity contribution in [1.29, 1.82) is 0 Å². The van der Waals surface area contributed by atoms with E-state index in [1.54, 1.807) is 19.9 Å². The molecule has 17 heavy (non-hydrogen) atoms. The van der Waals surface area contributed by atoms with Crippen molar-refractivity contribution in [3.8, 4) is 0 Å². The molecule has 0 radical (unpaired) electrons. The fraction of sp³-hybridized carbons (Fsp3) is 0.545. The summed E-state index contributed by atoms with van der Waals surface area (Å²) in [7, 11) is 0. The molecule has 1 fully saturated rings. The molecule has 1 aliphatic heterocycles. The molecule has 6 nitrogen and oxygen atoms in total. The Morgan fingerprint density at radius 2 is 2.06 bits per heavy atom. The van der Waals surface area contributed by atoms with Crippen molar-refractivity contribution in [3.05, 3.63) is 27.4 Å². The number of ether oxygens (including phenoxy) is 1. The number of nitrogens with zero attached hydrogens (tertiary/aromatic N) is 3. The van der Waals surface area contributed by atoms with Crippen molar-refractivity contribution < 1.29 is 9.66 Å². The van der Waals surface area contributed by atoms with E-state index in [0.717, 1.165) is 18.9 Å². The molecule has 0 aliphatic carbocycles. The maximum Gasteiger partial charge on any atom is 0.293 e. The van der Waals surface area contributed by atoms with E-state index < -0.39 is 0 Å². The zero-order valence-electron chi connectivity index (χ0n) is 9.97. The zero-order valence-corrected chi connectivity index (χ0v) is 9.97. The van der Waals surface area contributed by atoms with Gasteiger partial charge < -0.3 is 9.64 Å². The van der Waals surface area contributed by atoms with Crippen LogP contribution in [0.3, 0.4) is 0 Å². The Balaban J connectivity index is 2.34. The van der Waals surface area contributed by atoms with Crippen molar-refractivity contribution in [2.45, 2.75) is 13.8 Å². The standard InChI is InChI=1S/C11H15N3O3/c1-8-7-10(13-3-5-17-6-4-13)12-9(2)11(8)14(15)16/h7H,3-6H2,1-2H3. The zero-order chi connectivity index (χ0) is 12.4. The first-order valence-corrected chi connectivity index (χ1v) is 5.55. The third-order valence-electron chi connectivity index (χ3n) is 2.86. The smallest absolute Gasteiger partial charge is 0.293 e. The van der Waals surface area contributed by atoms with Gasteiger partial charge in [0.05, 0.1) is 18.1 Å². The molecule has 0 saturated carbocycles. The van der Waals surface area contributed by atoms with Crippen molar-refractivity contribution in [3.63, 3.8) is 0 Å². The highest BCUT2D eigenvalue weighted by Gasteiger charge is 2.20. The fourth-order valence-electron chi connectivity index (χ4n) is 2.03. The molecular weight excluding hydrogens is 222 g/mol. The second-order valence-electron chi connectivity index (χ2n) is 4.09. The Labute approximate surface area is 99.4 Å². The summed E-state index contributed by atoms with van der Waals surface area (Å²) in [5.74, 6) is 0.800. The minimum atomic E-state index is -0.374. The summed E-state index contributed by atoms with van der Waals surface area (Å²) >= 11 is 0. The number of nitro groups is 1. The normalized spacial score (nSPS) is 16.0. The van der Waals surface area contributed by atoms with E-state index in [1.165, 1.54) is 0 Å². The second-order valence-corrected chi connectivity index (χ2v) is 4.09. The molecule has 2 rings (SSSR count). The lowest BCUT2D eigenvalue weighted by Gasteiger charge is -2.28. The summed E-state index contributed by atoms with van der Waals surface area (Å²) in [5, 5.41) is 10.9. The van der Waals surface area contributed by atoms with Gasteiger partial charge in [-0.2, -0.15) is 0 Å². The molecule has 0 aromatic carbocycles. The predicted molar refractivity (Wildman–Crippen MR) is 63.4 cm³/mol. The molecule has 1 saturated heterocycles. The van der Waals surface area contributed by atoms with Crippen LogP contribution in [0.15, 0.2) is 6.07 Å². The number of pyridine rings is 1. The van der Waals surface area contributed by atoms with Gasteiger partial charge >= 0.3 is 0 Å². The lowest BCUT2D eigenvalue weighted by molar-refractivity contribution is -0.386. The van der Waals surface area contributed by atoms with Crippen LogP contribution < -0.4 is 4.90 Å². The lowest BCUT2D eigenvalue weighted by atomic mass is 10.2. The molecule has 0 spiro atoms. The first-order valence-electron chi connectivity index (χ1n) is 5.55. The largest absolute Gasteiger partial charge is 0.378 e. The van der Waals surface area contributed by atoms with E-state index in [9.17, 15) is 10.1 Å². The van der Waals surface area contributed by atoms with Crippen LogP contribution in [0, 0.1) is 24.0 Å². The number of hydrogen-bond donors (Lipinski definition) is 0. The van der Waals surface area contributed by atoms with Gasteiger partial charge in [-0.3, -0.25) is 10.1 Å². The number of hydrogen-bond acceptors (Lipinski definition) is 5. The Bertz CT molecular complexity index is 419. The average Bonchev–Trinajstić information content (AvgIpc) is 2.28. The van der Waals surface area contributed by atoms with E-state index in [-0.39, 0.29) is 10.6 Å². The molecule has 2 heterocycles. The van der Waals surface area contributed by atoms with Gasteiger partial charge in [0.2, 0.25) is 0 Å². The Morgan fingerprint density at radius 3 is 2.59 bits per heavy atom. The van der Waals surface area contributed by atoms with Crippen LogP contribution >= 0.6 is 0 Å². The van der Waals surface area contributed by atoms with Gasteiger partial charge in [0.1, 0.15) is 11.5 Å². The molecule has 6 heteroatoms. The van der Waals surface area contributed by atoms with Crippen molar-refractivity contribution in [2.75, 3.05) is 31.2 Å². The summed E-state index contributed by atoms with van der Waals surface area (Å²) in [5.41, 5.74) is 1.24. The first kappa shape index (κ1) is 11.8. The maximum absolute atomic E-state index is 10.9. The molecule has 1 aromatic heterocycles. The highest BCUT2D eigenvalue weighted by Crippen LogP contribution is 2.25. The summed E-state index contributed by atoms with van der Waals surface area (Å²) in [6.45, 7) is 6.34. The molecule has 0 unspecified atom stereocenters. The quantitative estimate of drug-likeness (QED) is 0.575. The molecule has 92 valence electrons. The summed E-state index contributed by atoms with van der Waals surface area (Å²) < 4.78 is 5.27. The van der Waals surface area contributed by atoms with Crippen LogP contribution in [0.1, 0.15) is 11.3 Å². The number of rotatable bonds is 2. The Morgan fingerprint density at radius 1 is 1.41 bits per heavy atom. The van der Waals surface area contributed by atoms with Crippen LogP contribution in [0.25, 0.3) is 0 Å². The maximum atomic E-state index is 10.9. The van der Waals surface area contributed by atoms with E-state index >= 15 is 0 Å². The van der Waals surface area contributed by atoms with Gasteiger partial charge in [-0.25, -0.2) is 4.98 Å². The van der Waals surface area contributed by atoms with Crippen LogP contribution in [-0.4, -0.2) is 36.2 Å². The van der Waals surface area contributed by atoms with E-state index in [4.69, 9.17) is 4.74 Å². The number of morpholine rings is 1. The van der Waals surface area contributed by atoms with Crippen LogP contribution in [0.5, 0.6) is 0 Å². The highest BCUT2D eigenvalue weighted by molar-refractivity contribution is 5.52. The Hall–Kier alpha value is -1.69. The van der Waals surface area contributed by atoms with Gasteiger partial charge in [-0.15, -0.1) is 0 Å². The van der Waals surface area contributed by atoms with Crippen molar-refractivity contribution in [2.24, 2.45) is 0 Å². The van der Waals surface area contributed by atoms with E-state index in [0.29, 0.717) is 24.5 Å². The summed E-state index contributed by atoms with van der Waals surface area (Å²) in [6.07, 6.45) is 0. The van der Waals surface area contributed by atoms with Gasteiger partial charge in [0, 0.05) is 18.7 Å². The molecule has 1 aromatic rings. The van der Waals surface area contributed by atoms with Crippen LogP contribution in [-0.2, 0) is 4.74 Å². The lowest BCUT2D eigenvalue weighted by Crippen LogP contribution is -2.36. The topological polar surface area (TPSA) is 68.5 Å². The van der Waals surface area contributed by atoms with Crippen LogP contribution in [0.2, 0.25) is 0 Å². The average molecular weight is 237 g/mol. The molecule has 0 bridgehead atoms. The molecule has 0 atom stereocenters. The SMILES string of the molecule is Cc1cc(N2CCOCC2)nc(C)c1[N+](=O)[O-]. The van der Waals surface area contributed by atoms with Crippen molar-refractivity contribution >= 4 is 11.5 Å². The molecular formula is C11H15N3O3. The first-order chi connectivity index (χ1) is 8.09. The Kier molecular flexibility index (Phi) is 3.23. The minimum absolute atomic E-state index is 0.113. The van der Waals surface area contributed by atoms with Crippen molar-refractivity contribution in [1.82, 2.24) is 4.98 Å². The number of aromatic nitrogens is 1. The summed E-state index contributed by atoms with van der Waals surface area (Å²) in [4.78, 5) is 16.9. The molecule has 0 N–H and O–H groups in total. The van der Waals surface area contributed by atoms with E-state index in [1.807, 2.05) is 0 Å². The van der Waals surface area contributed by atoms with Crippen LogP contribution in [0.4, 0.5) is 11.5 Å². The van der Waals surface area contributed by atoms with E-state index in [2.05, 4.69) is 9.88 Å². The van der Waals surface area contributed by atoms with Gasteiger partial charge in [-0.05, 0) is 19.9 Å². The third-order valence-corrected chi connectivity index (χ3v) is 2.86. The predicted octanol–water partition coefficient (Wildman–Crippen LogP) is 1.44. The number of anilines is 1. The number of aryl methyl sites for hydroxylation is 2. The molecule has 1 aliphatic rings. The molecule has 0 amide bonds. The third kappa shape index (κ3) is 2.36. The second kappa shape index (κ2) is 4.67. The van der Waals surface area contributed by atoms with Gasteiger partial charge in [-0.1, -0.05) is 0 Å². The monoisotopic (exact) mass is 237 g/mol. The highest BCUT2D eigenvalue weighted by atomic mass is 16.6. The van der Waals surface area contributed by atoms with Gasteiger partial charge in [0.15, 0.2) is 0 Å². The minimum Gasteiger partial charge on any atom is -0.378 e. The van der Waals surface area contributed by atoms with Gasteiger partial charge in [0.25, 0.3) is 5.69 Å².